The molecular formula is C9H11BrN2O2. The molecule has 14 heavy (non-hydrogen) atoms. The van der Waals surface area contributed by atoms with Crippen molar-refractivity contribution >= 4 is 15.9 Å². The molecule has 2 heterocycles. The van der Waals surface area contributed by atoms with E-state index >= 15 is 0 Å². The van der Waals surface area contributed by atoms with Crippen LogP contribution in [0, 0.1) is 0 Å². The van der Waals surface area contributed by atoms with Crippen LogP contribution in [0.15, 0.2) is 15.6 Å². The van der Waals surface area contributed by atoms with Crippen LogP contribution in [0.4, 0.5) is 0 Å². The molecule has 1 N–H and O–H groups in total. The van der Waals surface area contributed by atoms with E-state index in [2.05, 4.69) is 33.0 Å². The highest BCUT2D eigenvalue weighted by molar-refractivity contribution is 9.11. The third kappa shape index (κ3) is 1.99. The lowest BCUT2D eigenvalue weighted by Crippen LogP contribution is -2.22. The third-order valence-corrected chi connectivity index (χ3v) is 2.26. The molecule has 5 heteroatoms. The van der Waals surface area contributed by atoms with E-state index in [-0.39, 0.29) is 0 Å². The van der Waals surface area contributed by atoms with Crippen LogP contribution in [0.3, 0.4) is 0 Å². The number of fused-ring (bicyclic) bond motifs is 1. The largest absolute Gasteiger partial charge is 0.470 e. The van der Waals surface area contributed by atoms with Gasteiger partial charge in [0.25, 0.3) is 5.88 Å². The second-order valence-electron chi connectivity index (χ2n) is 3.12. The van der Waals surface area contributed by atoms with Crippen LogP contribution in [0.5, 0.6) is 5.88 Å². The second-order valence-corrected chi connectivity index (χ2v) is 4.24. The summed E-state index contributed by atoms with van der Waals surface area (Å²) in [4.78, 5) is 0. The Morgan fingerprint density at radius 3 is 3.36 bits per heavy atom. The molecule has 0 saturated heterocycles. The summed E-state index contributed by atoms with van der Waals surface area (Å²) < 4.78 is 11.4. The Bertz CT molecular complexity index is 349. The number of rotatable bonds is 3. The molecule has 0 bridgehead atoms. The van der Waals surface area contributed by atoms with Crippen molar-refractivity contribution in [1.29, 1.82) is 0 Å². The van der Waals surface area contributed by atoms with E-state index in [0.717, 1.165) is 35.3 Å². The van der Waals surface area contributed by atoms with Gasteiger partial charge in [0.1, 0.15) is 12.4 Å². The van der Waals surface area contributed by atoms with Crippen molar-refractivity contribution in [3.8, 4) is 5.88 Å². The number of nitrogens with zero attached hydrogens (tertiary/aromatic N) is 1. The molecule has 4 nitrogen and oxygen atoms in total. The Hall–Kier alpha value is -0.810. The lowest BCUT2D eigenvalue weighted by atomic mass is 10.1. The number of hydrogen-bond acceptors (Lipinski definition) is 4. The molecule has 0 spiro atoms. The highest BCUT2D eigenvalue weighted by atomic mass is 79.9. The van der Waals surface area contributed by atoms with Gasteiger partial charge in [0, 0.05) is 24.0 Å². The van der Waals surface area contributed by atoms with Gasteiger partial charge in [0.05, 0.1) is 5.56 Å². The quantitative estimate of drug-likeness (QED) is 0.895. The van der Waals surface area contributed by atoms with Crippen molar-refractivity contribution in [2.45, 2.75) is 13.0 Å². The first kappa shape index (κ1) is 9.73. The summed E-state index contributed by atoms with van der Waals surface area (Å²) in [5.41, 5.74) is 1.03. The molecule has 1 aromatic heterocycles. The third-order valence-electron chi connectivity index (χ3n) is 2.03. The Morgan fingerprint density at radius 1 is 1.71 bits per heavy atom. The summed E-state index contributed by atoms with van der Waals surface area (Å²) in [5, 5.41) is 7.11. The Labute approximate surface area is 90.4 Å². The predicted octanol–water partition coefficient (Wildman–Crippen LogP) is 1.61. The number of ether oxygens (including phenoxy) is 1. The molecule has 1 aliphatic heterocycles. The fraction of sp³-hybridized carbons (Fsp3) is 0.444. The van der Waals surface area contributed by atoms with Crippen LogP contribution in [-0.2, 0) is 13.0 Å². The van der Waals surface area contributed by atoms with Gasteiger partial charge < -0.3 is 14.6 Å². The molecule has 0 amide bonds. The number of nitrogens with one attached hydrogen (secondary N) is 1. The molecule has 0 fully saturated rings. The molecular weight excluding hydrogens is 248 g/mol. The van der Waals surface area contributed by atoms with Crippen LogP contribution in [0.2, 0.25) is 0 Å². The molecule has 0 aromatic carbocycles. The van der Waals surface area contributed by atoms with E-state index in [1.807, 2.05) is 0 Å². The van der Waals surface area contributed by atoms with Gasteiger partial charge in [-0.05, 0) is 5.16 Å². The van der Waals surface area contributed by atoms with Gasteiger partial charge in [0.15, 0.2) is 0 Å². The zero-order chi connectivity index (χ0) is 9.97. The molecule has 0 unspecified atom stereocenters. The lowest BCUT2D eigenvalue weighted by molar-refractivity contribution is 0.302. The molecule has 0 atom stereocenters. The van der Waals surface area contributed by atoms with E-state index in [4.69, 9.17) is 9.26 Å². The summed E-state index contributed by atoms with van der Waals surface area (Å²) in [6.45, 7) is 5.80. The first-order chi connectivity index (χ1) is 6.77. The van der Waals surface area contributed by atoms with Gasteiger partial charge in [-0.25, -0.2) is 0 Å². The summed E-state index contributed by atoms with van der Waals surface area (Å²) in [6.07, 6.45) is 0.876. The summed E-state index contributed by atoms with van der Waals surface area (Å²) in [6, 6.07) is 0. The van der Waals surface area contributed by atoms with E-state index in [1.165, 1.54) is 0 Å². The highest BCUT2D eigenvalue weighted by Crippen LogP contribution is 2.24. The fourth-order valence-electron chi connectivity index (χ4n) is 1.37. The topological polar surface area (TPSA) is 47.3 Å². The van der Waals surface area contributed by atoms with Gasteiger partial charge >= 0.3 is 0 Å². The number of halogens is 1. The maximum atomic E-state index is 5.41. The van der Waals surface area contributed by atoms with Crippen molar-refractivity contribution in [2.24, 2.45) is 0 Å². The normalized spacial score (nSPS) is 14.9. The van der Waals surface area contributed by atoms with Crippen LogP contribution in [0.1, 0.15) is 11.3 Å². The molecule has 0 saturated carbocycles. The van der Waals surface area contributed by atoms with Gasteiger partial charge in [-0.3, -0.25) is 0 Å². The highest BCUT2D eigenvalue weighted by Gasteiger charge is 2.19. The summed E-state index contributed by atoms with van der Waals surface area (Å²) >= 11 is 3.22. The van der Waals surface area contributed by atoms with E-state index < -0.39 is 0 Å². The minimum Gasteiger partial charge on any atom is -0.470 e. The van der Waals surface area contributed by atoms with Gasteiger partial charge in [-0.15, -0.1) is 0 Å². The summed E-state index contributed by atoms with van der Waals surface area (Å²) in [7, 11) is 0. The van der Waals surface area contributed by atoms with Crippen LogP contribution < -0.4 is 10.1 Å². The van der Waals surface area contributed by atoms with Crippen LogP contribution >= 0.6 is 15.9 Å². The van der Waals surface area contributed by atoms with E-state index in [9.17, 15) is 0 Å². The Balaban J connectivity index is 2.10. The maximum absolute atomic E-state index is 5.41. The van der Waals surface area contributed by atoms with Crippen molar-refractivity contribution in [3.63, 3.8) is 0 Å². The van der Waals surface area contributed by atoms with Crippen molar-refractivity contribution < 1.29 is 9.26 Å². The van der Waals surface area contributed by atoms with Crippen molar-refractivity contribution in [2.75, 3.05) is 13.2 Å². The lowest BCUT2D eigenvalue weighted by Gasteiger charge is -2.10. The van der Waals surface area contributed by atoms with Crippen molar-refractivity contribution in [1.82, 2.24) is 10.5 Å². The van der Waals surface area contributed by atoms with Gasteiger partial charge in [-0.2, -0.15) is 0 Å². The zero-order valence-electron chi connectivity index (χ0n) is 7.68. The predicted molar refractivity (Wildman–Crippen MR) is 55.5 cm³/mol. The van der Waals surface area contributed by atoms with Crippen LogP contribution in [0.25, 0.3) is 0 Å². The average Bonchev–Trinajstić information content (AvgIpc) is 2.58. The SMILES string of the molecule is C=C(Br)COc1noc2c1CNCC2. The minimum absolute atomic E-state index is 0.416. The smallest absolute Gasteiger partial charge is 0.259 e. The average molecular weight is 259 g/mol. The van der Waals surface area contributed by atoms with Crippen LogP contribution in [-0.4, -0.2) is 18.3 Å². The van der Waals surface area contributed by atoms with E-state index in [1.54, 1.807) is 0 Å². The van der Waals surface area contributed by atoms with Gasteiger partial charge in [-0.1, -0.05) is 22.5 Å². The fourth-order valence-corrected chi connectivity index (χ4v) is 1.49. The molecule has 0 aliphatic carbocycles. The molecule has 2 rings (SSSR count). The first-order valence-electron chi connectivity index (χ1n) is 4.41. The Kier molecular flexibility index (Phi) is 2.88. The van der Waals surface area contributed by atoms with Crippen molar-refractivity contribution in [3.05, 3.63) is 22.4 Å². The molecule has 76 valence electrons. The number of hydrogen-bond donors (Lipinski definition) is 1. The maximum Gasteiger partial charge on any atom is 0.259 e. The number of aromatic nitrogens is 1. The minimum atomic E-state index is 0.416. The molecule has 1 aromatic rings. The van der Waals surface area contributed by atoms with Gasteiger partial charge in [0.2, 0.25) is 0 Å². The zero-order valence-corrected chi connectivity index (χ0v) is 9.26. The molecule has 1 aliphatic rings. The monoisotopic (exact) mass is 258 g/mol. The van der Waals surface area contributed by atoms with E-state index in [0.29, 0.717) is 12.5 Å². The molecule has 0 radical (unpaired) electrons. The first-order valence-corrected chi connectivity index (χ1v) is 5.21. The summed E-state index contributed by atoms with van der Waals surface area (Å²) in [5.74, 6) is 1.51. The standard InChI is InChI=1S/C9H11BrN2O2/c1-6(10)5-13-9-7-4-11-3-2-8(7)14-12-9/h11H,1-5H2. The second kappa shape index (κ2) is 4.14. The Morgan fingerprint density at radius 2 is 2.57 bits per heavy atom.